The Morgan fingerprint density at radius 3 is 2.41 bits per heavy atom. The fraction of sp³-hybridized carbons (Fsp3) is 0.250. The monoisotopic (exact) mass is 291 g/mol. The molecular formula is C20H21NO. The number of fused-ring (bicyclic) bond motifs is 1. The molecule has 0 atom stereocenters. The van der Waals surface area contributed by atoms with Crippen LogP contribution in [0.3, 0.4) is 0 Å². The van der Waals surface area contributed by atoms with Gasteiger partial charge in [0, 0.05) is 35.5 Å². The Balaban J connectivity index is 2.08. The minimum Gasteiger partial charge on any atom is -0.369 e. The van der Waals surface area contributed by atoms with Gasteiger partial charge in [-0.15, -0.1) is 0 Å². The number of allylic oxidation sites excluding steroid dienone is 1. The maximum atomic E-state index is 12.6. The van der Waals surface area contributed by atoms with Crippen LogP contribution < -0.4 is 0 Å². The molecule has 2 nitrogen and oxygen atoms in total. The summed E-state index contributed by atoms with van der Waals surface area (Å²) in [5.41, 5.74) is 4.19. The lowest BCUT2D eigenvalue weighted by Crippen LogP contribution is -2.45. The van der Waals surface area contributed by atoms with Gasteiger partial charge >= 0.3 is 0 Å². The molecule has 0 saturated heterocycles. The first-order chi connectivity index (χ1) is 10.5. The van der Waals surface area contributed by atoms with E-state index < -0.39 is 0 Å². The summed E-state index contributed by atoms with van der Waals surface area (Å²) < 4.78 is 0. The zero-order valence-corrected chi connectivity index (χ0v) is 13.3. The van der Waals surface area contributed by atoms with Crippen molar-refractivity contribution in [3.8, 4) is 0 Å². The van der Waals surface area contributed by atoms with Crippen molar-refractivity contribution in [2.24, 2.45) is 0 Å². The van der Waals surface area contributed by atoms with Crippen LogP contribution in [-0.4, -0.2) is 23.3 Å². The molecule has 1 aliphatic heterocycles. The number of carbonyl (C=O) groups is 1. The molecule has 22 heavy (non-hydrogen) atoms. The van der Waals surface area contributed by atoms with Crippen LogP contribution in [0.25, 0.3) is 5.70 Å². The number of benzene rings is 2. The summed E-state index contributed by atoms with van der Waals surface area (Å²) in [4.78, 5) is 14.8. The molecule has 0 radical (unpaired) electrons. The Hall–Kier alpha value is -2.35. The molecule has 0 spiro atoms. The first kappa shape index (κ1) is 14.6. The molecule has 0 bridgehead atoms. The van der Waals surface area contributed by atoms with Crippen LogP contribution in [0.4, 0.5) is 0 Å². The predicted octanol–water partition coefficient (Wildman–Crippen LogP) is 4.18. The summed E-state index contributed by atoms with van der Waals surface area (Å²) in [6.07, 6.45) is 2.76. The van der Waals surface area contributed by atoms with Gasteiger partial charge in [0.25, 0.3) is 0 Å². The van der Waals surface area contributed by atoms with Crippen molar-refractivity contribution in [2.45, 2.75) is 25.8 Å². The van der Waals surface area contributed by atoms with E-state index in [0.29, 0.717) is 0 Å². The van der Waals surface area contributed by atoms with E-state index in [2.05, 4.69) is 44.0 Å². The number of likely N-dealkylation sites (N-methyl/N-ethyl adjacent to an activating group) is 1. The highest BCUT2D eigenvalue weighted by Gasteiger charge is 2.33. The second-order valence-corrected chi connectivity index (χ2v) is 6.47. The van der Waals surface area contributed by atoms with E-state index in [4.69, 9.17) is 0 Å². The molecule has 0 saturated carbocycles. The molecule has 2 aromatic carbocycles. The Morgan fingerprint density at radius 2 is 1.68 bits per heavy atom. The van der Waals surface area contributed by atoms with Gasteiger partial charge in [0.15, 0.2) is 5.78 Å². The lowest BCUT2D eigenvalue weighted by molar-refractivity contribution is 0.104. The van der Waals surface area contributed by atoms with Gasteiger partial charge in [-0.05, 0) is 25.8 Å². The fourth-order valence-corrected chi connectivity index (χ4v) is 3.00. The topological polar surface area (TPSA) is 20.3 Å². The van der Waals surface area contributed by atoms with Crippen LogP contribution >= 0.6 is 0 Å². The van der Waals surface area contributed by atoms with E-state index in [0.717, 1.165) is 23.2 Å². The van der Waals surface area contributed by atoms with Crippen molar-refractivity contribution in [2.75, 3.05) is 7.05 Å². The van der Waals surface area contributed by atoms with E-state index in [1.807, 2.05) is 36.4 Å². The zero-order valence-electron chi connectivity index (χ0n) is 13.3. The quantitative estimate of drug-likeness (QED) is 0.611. The number of nitrogens with zero attached hydrogens (tertiary/aromatic N) is 1. The molecule has 0 amide bonds. The fourth-order valence-electron chi connectivity index (χ4n) is 3.00. The number of carbonyl (C=O) groups excluding carboxylic acids is 1. The van der Waals surface area contributed by atoms with Gasteiger partial charge in [0.2, 0.25) is 0 Å². The van der Waals surface area contributed by atoms with Crippen molar-refractivity contribution in [1.82, 2.24) is 4.90 Å². The standard InChI is InChI=1S/C20H21NO/c1-20(2)14-16-11-7-8-12-17(16)18(21(20)3)13-19(22)15-9-5-4-6-10-15/h4-13H,14H2,1-3H3/b18-13+. The van der Waals surface area contributed by atoms with Crippen LogP contribution in [-0.2, 0) is 6.42 Å². The first-order valence-electron chi connectivity index (χ1n) is 7.62. The van der Waals surface area contributed by atoms with Gasteiger partial charge < -0.3 is 4.90 Å². The highest BCUT2D eigenvalue weighted by atomic mass is 16.1. The molecule has 2 heteroatoms. The average molecular weight is 291 g/mol. The number of hydrogen-bond donors (Lipinski definition) is 0. The largest absolute Gasteiger partial charge is 0.369 e. The Morgan fingerprint density at radius 1 is 1.05 bits per heavy atom. The van der Waals surface area contributed by atoms with Gasteiger partial charge in [-0.3, -0.25) is 4.79 Å². The van der Waals surface area contributed by atoms with Crippen molar-refractivity contribution in [3.63, 3.8) is 0 Å². The second-order valence-electron chi connectivity index (χ2n) is 6.47. The maximum Gasteiger partial charge on any atom is 0.187 e. The van der Waals surface area contributed by atoms with Crippen molar-refractivity contribution >= 4 is 11.5 Å². The van der Waals surface area contributed by atoms with Crippen LogP contribution in [0.15, 0.2) is 60.7 Å². The van der Waals surface area contributed by atoms with Crippen LogP contribution in [0.1, 0.15) is 35.3 Å². The van der Waals surface area contributed by atoms with E-state index in [1.165, 1.54) is 5.56 Å². The molecule has 1 heterocycles. The summed E-state index contributed by atoms with van der Waals surface area (Å²) in [6.45, 7) is 4.42. The normalized spacial score (nSPS) is 18.1. The van der Waals surface area contributed by atoms with Gasteiger partial charge in [-0.1, -0.05) is 54.6 Å². The zero-order chi connectivity index (χ0) is 15.7. The van der Waals surface area contributed by atoms with Crippen molar-refractivity contribution in [1.29, 1.82) is 0 Å². The molecule has 3 rings (SSSR count). The summed E-state index contributed by atoms with van der Waals surface area (Å²) in [5.74, 6) is 0.0509. The summed E-state index contributed by atoms with van der Waals surface area (Å²) in [5, 5.41) is 0. The van der Waals surface area contributed by atoms with Crippen LogP contribution in [0.5, 0.6) is 0 Å². The highest BCUT2D eigenvalue weighted by molar-refractivity contribution is 6.08. The molecule has 112 valence electrons. The van der Waals surface area contributed by atoms with Crippen molar-refractivity contribution in [3.05, 3.63) is 77.4 Å². The van der Waals surface area contributed by atoms with E-state index in [-0.39, 0.29) is 11.3 Å². The lowest BCUT2D eigenvalue weighted by Gasteiger charge is -2.44. The Kier molecular flexibility index (Phi) is 3.61. The minimum atomic E-state index is -0.00282. The number of hydrogen-bond acceptors (Lipinski definition) is 2. The first-order valence-corrected chi connectivity index (χ1v) is 7.62. The lowest BCUT2D eigenvalue weighted by atomic mass is 9.84. The molecule has 0 aromatic heterocycles. The Bertz CT molecular complexity index is 728. The molecule has 0 aliphatic carbocycles. The molecule has 1 aliphatic rings. The molecular weight excluding hydrogens is 270 g/mol. The molecule has 0 fully saturated rings. The molecule has 0 N–H and O–H groups in total. The number of ketones is 1. The number of rotatable bonds is 2. The van der Waals surface area contributed by atoms with E-state index >= 15 is 0 Å². The van der Waals surface area contributed by atoms with E-state index in [1.54, 1.807) is 6.08 Å². The second kappa shape index (κ2) is 5.45. The SMILES string of the molecule is CN1/C(=C/C(=O)c2ccccc2)c2ccccc2CC1(C)C. The van der Waals surface area contributed by atoms with Gasteiger partial charge in [-0.2, -0.15) is 0 Å². The van der Waals surface area contributed by atoms with Gasteiger partial charge in [-0.25, -0.2) is 0 Å². The van der Waals surface area contributed by atoms with Crippen LogP contribution in [0, 0.1) is 0 Å². The minimum absolute atomic E-state index is 0.00282. The summed E-state index contributed by atoms with van der Waals surface area (Å²) >= 11 is 0. The Labute approximate surface area is 132 Å². The van der Waals surface area contributed by atoms with Crippen LogP contribution in [0.2, 0.25) is 0 Å². The third-order valence-corrected chi connectivity index (χ3v) is 4.51. The highest BCUT2D eigenvalue weighted by Crippen LogP contribution is 2.36. The van der Waals surface area contributed by atoms with Gasteiger partial charge in [0.05, 0.1) is 0 Å². The molecule has 0 unspecified atom stereocenters. The third kappa shape index (κ3) is 2.57. The smallest absolute Gasteiger partial charge is 0.187 e. The summed E-state index contributed by atoms with van der Waals surface area (Å²) in [6, 6.07) is 17.8. The average Bonchev–Trinajstić information content (AvgIpc) is 2.52. The third-order valence-electron chi connectivity index (χ3n) is 4.51. The molecule has 2 aromatic rings. The summed E-state index contributed by atoms with van der Waals surface area (Å²) in [7, 11) is 2.07. The van der Waals surface area contributed by atoms with E-state index in [9.17, 15) is 4.79 Å². The van der Waals surface area contributed by atoms with Gasteiger partial charge in [0.1, 0.15) is 0 Å². The predicted molar refractivity (Wildman–Crippen MR) is 90.7 cm³/mol. The maximum absolute atomic E-state index is 12.6. The van der Waals surface area contributed by atoms with Crippen molar-refractivity contribution < 1.29 is 4.79 Å².